The van der Waals surface area contributed by atoms with Crippen LogP contribution >= 0.6 is 0 Å². The Balaban J connectivity index is 1.82. The number of benzene rings is 2. The zero-order valence-electron chi connectivity index (χ0n) is 17.1. The summed E-state index contributed by atoms with van der Waals surface area (Å²) in [6, 6.07) is 7.67. The number of nitrogens with one attached hydrogen (secondary N) is 2. The molecule has 0 fully saturated rings. The molecule has 2 aromatic carbocycles. The van der Waals surface area contributed by atoms with Crippen molar-refractivity contribution in [1.82, 2.24) is 5.32 Å². The van der Waals surface area contributed by atoms with Gasteiger partial charge in [0.1, 0.15) is 17.6 Å². The summed E-state index contributed by atoms with van der Waals surface area (Å²) in [5, 5.41) is 35.8. The van der Waals surface area contributed by atoms with Crippen molar-refractivity contribution in [3.63, 3.8) is 0 Å². The first-order valence-electron chi connectivity index (χ1n) is 9.54. The lowest BCUT2D eigenvalue weighted by molar-refractivity contribution is 0.142. The van der Waals surface area contributed by atoms with E-state index in [1.807, 2.05) is 39.0 Å². The van der Waals surface area contributed by atoms with E-state index >= 15 is 0 Å². The standard InChI is InChI=1S/C22H28N2O5/c1-22(2,3)14-8-13(11-25)20(29-4)16(10-14)24-21(28)23-15-9-12-6-5-7-17(26)18(12)19(15)27/h5-8,10,15,19,25-27H,9,11H2,1-4H3,(H2,23,24,28)/t15?,19-/m1/s1. The number of amides is 2. The number of phenols is 1. The van der Waals surface area contributed by atoms with Crippen LogP contribution in [0.25, 0.3) is 0 Å². The van der Waals surface area contributed by atoms with Crippen LogP contribution in [0.3, 0.4) is 0 Å². The van der Waals surface area contributed by atoms with E-state index in [1.54, 1.807) is 6.07 Å². The van der Waals surface area contributed by atoms with E-state index in [2.05, 4.69) is 10.6 Å². The number of aliphatic hydroxyl groups is 2. The average Bonchev–Trinajstić information content (AvgIpc) is 2.96. The van der Waals surface area contributed by atoms with Gasteiger partial charge in [-0.05, 0) is 41.2 Å². The average molecular weight is 400 g/mol. The number of rotatable bonds is 4. The maximum absolute atomic E-state index is 12.7. The van der Waals surface area contributed by atoms with Crippen molar-refractivity contribution >= 4 is 11.7 Å². The second-order valence-corrected chi connectivity index (χ2v) is 8.33. The van der Waals surface area contributed by atoms with Crippen molar-refractivity contribution in [3.8, 4) is 11.5 Å². The molecule has 1 unspecified atom stereocenters. The van der Waals surface area contributed by atoms with Gasteiger partial charge in [-0.3, -0.25) is 0 Å². The van der Waals surface area contributed by atoms with Gasteiger partial charge in [0.2, 0.25) is 0 Å². The molecule has 0 bridgehead atoms. The Labute approximate surface area is 170 Å². The van der Waals surface area contributed by atoms with Crippen LogP contribution in [0, 0.1) is 0 Å². The van der Waals surface area contributed by atoms with E-state index < -0.39 is 18.2 Å². The van der Waals surface area contributed by atoms with Gasteiger partial charge in [-0.1, -0.05) is 32.9 Å². The lowest BCUT2D eigenvalue weighted by Gasteiger charge is -2.24. The maximum atomic E-state index is 12.7. The predicted molar refractivity (Wildman–Crippen MR) is 110 cm³/mol. The number of carbonyl (C=O) groups excluding carboxylic acids is 1. The molecule has 0 saturated heterocycles. The number of urea groups is 1. The molecule has 0 radical (unpaired) electrons. The van der Waals surface area contributed by atoms with Crippen molar-refractivity contribution in [2.24, 2.45) is 0 Å². The van der Waals surface area contributed by atoms with Gasteiger partial charge in [0, 0.05) is 11.1 Å². The number of fused-ring (bicyclic) bond motifs is 1. The van der Waals surface area contributed by atoms with Crippen LogP contribution in [0.2, 0.25) is 0 Å². The number of hydrogen-bond donors (Lipinski definition) is 5. The molecule has 0 saturated carbocycles. The van der Waals surface area contributed by atoms with Gasteiger partial charge < -0.3 is 30.7 Å². The molecule has 7 nitrogen and oxygen atoms in total. The predicted octanol–water partition coefficient (Wildman–Crippen LogP) is 2.97. The van der Waals surface area contributed by atoms with Gasteiger partial charge in [-0.15, -0.1) is 0 Å². The van der Waals surface area contributed by atoms with Gasteiger partial charge in [0.15, 0.2) is 0 Å². The zero-order chi connectivity index (χ0) is 21.3. The minimum atomic E-state index is -0.993. The van der Waals surface area contributed by atoms with Crippen LogP contribution in [0.15, 0.2) is 30.3 Å². The van der Waals surface area contributed by atoms with Crippen LogP contribution in [0.1, 0.15) is 49.1 Å². The third kappa shape index (κ3) is 4.16. The normalized spacial score (nSPS) is 18.3. The maximum Gasteiger partial charge on any atom is 0.319 e. The molecule has 2 atom stereocenters. The molecule has 0 heterocycles. The molecular weight excluding hydrogens is 372 g/mol. The van der Waals surface area contributed by atoms with Crippen LogP contribution in [-0.4, -0.2) is 34.5 Å². The molecule has 29 heavy (non-hydrogen) atoms. The molecular formula is C22H28N2O5. The van der Waals surface area contributed by atoms with Gasteiger partial charge >= 0.3 is 6.03 Å². The Hall–Kier alpha value is -2.77. The first-order chi connectivity index (χ1) is 13.7. The fourth-order valence-electron chi connectivity index (χ4n) is 3.70. The lowest BCUT2D eigenvalue weighted by Crippen LogP contribution is -2.40. The van der Waals surface area contributed by atoms with Crippen LogP contribution < -0.4 is 15.4 Å². The Bertz CT molecular complexity index is 920. The Morgan fingerprint density at radius 1 is 1.28 bits per heavy atom. The first-order valence-corrected chi connectivity index (χ1v) is 9.54. The van der Waals surface area contributed by atoms with Crippen molar-refractivity contribution in [3.05, 3.63) is 52.6 Å². The van der Waals surface area contributed by atoms with E-state index in [9.17, 15) is 20.1 Å². The Morgan fingerprint density at radius 2 is 2.00 bits per heavy atom. The minimum absolute atomic E-state index is 0.0202. The number of hydrogen-bond acceptors (Lipinski definition) is 5. The van der Waals surface area contributed by atoms with Gasteiger partial charge in [-0.25, -0.2) is 4.79 Å². The summed E-state index contributed by atoms with van der Waals surface area (Å²) < 4.78 is 5.41. The molecule has 156 valence electrons. The Kier molecular flexibility index (Phi) is 5.73. The quantitative estimate of drug-likeness (QED) is 0.542. The van der Waals surface area contributed by atoms with E-state index in [0.717, 1.165) is 11.1 Å². The molecule has 0 aromatic heterocycles. The summed E-state index contributed by atoms with van der Waals surface area (Å²) in [6.07, 6.45) is -0.577. The second-order valence-electron chi connectivity index (χ2n) is 8.33. The summed E-state index contributed by atoms with van der Waals surface area (Å²) in [6.45, 7) is 5.90. The monoisotopic (exact) mass is 400 g/mol. The van der Waals surface area contributed by atoms with Crippen molar-refractivity contribution in [1.29, 1.82) is 0 Å². The number of methoxy groups -OCH3 is 1. The highest BCUT2D eigenvalue weighted by Gasteiger charge is 2.34. The molecule has 2 aromatic rings. The van der Waals surface area contributed by atoms with Crippen LogP contribution in [0.4, 0.5) is 10.5 Å². The van der Waals surface area contributed by atoms with Crippen LogP contribution in [0.5, 0.6) is 11.5 Å². The fourth-order valence-corrected chi connectivity index (χ4v) is 3.70. The molecule has 0 aliphatic heterocycles. The molecule has 3 rings (SSSR count). The third-order valence-electron chi connectivity index (χ3n) is 5.26. The molecule has 1 aliphatic carbocycles. The third-order valence-corrected chi connectivity index (χ3v) is 5.26. The van der Waals surface area contributed by atoms with Crippen molar-refractivity contribution < 1.29 is 24.9 Å². The fraction of sp³-hybridized carbons (Fsp3) is 0.409. The highest BCUT2D eigenvalue weighted by Crippen LogP contribution is 2.38. The first kappa shape index (κ1) is 21.0. The number of aliphatic hydroxyl groups excluding tert-OH is 2. The van der Waals surface area contributed by atoms with Crippen LogP contribution in [-0.2, 0) is 18.4 Å². The highest BCUT2D eigenvalue weighted by molar-refractivity contribution is 5.92. The minimum Gasteiger partial charge on any atom is -0.508 e. The Morgan fingerprint density at radius 3 is 2.59 bits per heavy atom. The second kappa shape index (κ2) is 7.93. The smallest absolute Gasteiger partial charge is 0.319 e. The molecule has 1 aliphatic rings. The van der Waals surface area contributed by atoms with E-state index in [-0.39, 0.29) is 17.8 Å². The van der Waals surface area contributed by atoms with Crippen molar-refractivity contribution in [2.45, 2.75) is 51.4 Å². The van der Waals surface area contributed by atoms with Gasteiger partial charge in [-0.2, -0.15) is 0 Å². The van der Waals surface area contributed by atoms with E-state index in [0.29, 0.717) is 29.0 Å². The number of anilines is 1. The zero-order valence-corrected chi connectivity index (χ0v) is 17.1. The number of phenolic OH excluding ortho intramolecular Hbond substituents is 1. The SMILES string of the molecule is COc1c(CO)cc(C(C)(C)C)cc1NC(=O)NC1Cc2cccc(O)c2[C@@H]1O. The number of ether oxygens (including phenoxy) is 1. The lowest BCUT2D eigenvalue weighted by atomic mass is 9.85. The highest BCUT2D eigenvalue weighted by atomic mass is 16.5. The molecule has 5 N–H and O–H groups in total. The summed E-state index contributed by atoms with van der Waals surface area (Å²) in [4.78, 5) is 12.7. The summed E-state index contributed by atoms with van der Waals surface area (Å²) in [5.74, 6) is 0.412. The molecule has 7 heteroatoms. The number of aromatic hydroxyl groups is 1. The van der Waals surface area contributed by atoms with E-state index in [4.69, 9.17) is 4.74 Å². The summed E-state index contributed by atoms with van der Waals surface area (Å²) in [7, 11) is 1.48. The number of carbonyl (C=O) groups is 1. The topological polar surface area (TPSA) is 111 Å². The molecule has 0 spiro atoms. The molecule has 2 amide bonds. The van der Waals surface area contributed by atoms with E-state index in [1.165, 1.54) is 13.2 Å². The summed E-state index contributed by atoms with van der Waals surface area (Å²) >= 11 is 0. The largest absolute Gasteiger partial charge is 0.508 e. The summed E-state index contributed by atoms with van der Waals surface area (Å²) in [5.41, 5.74) is 3.02. The van der Waals surface area contributed by atoms with Gasteiger partial charge in [0.25, 0.3) is 0 Å². The van der Waals surface area contributed by atoms with Crippen molar-refractivity contribution in [2.75, 3.05) is 12.4 Å². The van der Waals surface area contributed by atoms with Gasteiger partial charge in [0.05, 0.1) is 25.4 Å².